The fourth-order valence-corrected chi connectivity index (χ4v) is 10.1. The molecule has 4 N–H and O–H groups in total. The second kappa shape index (κ2) is 15.5. The average molecular weight is 806 g/mol. The molecule has 3 aliphatic carbocycles. The smallest absolute Gasteiger partial charge is 0.408 e. The molecule has 4 aliphatic rings. The highest BCUT2D eigenvalue weighted by Gasteiger charge is 2.75. The lowest BCUT2D eigenvalue weighted by Gasteiger charge is -2.66. The summed E-state index contributed by atoms with van der Waals surface area (Å²) in [6.45, 7) is 14.5. The van der Waals surface area contributed by atoms with Crippen molar-refractivity contribution in [1.82, 2.24) is 5.32 Å². The Kier molecular flexibility index (Phi) is 11.5. The monoisotopic (exact) mass is 805 g/mol. The van der Waals surface area contributed by atoms with E-state index in [1.165, 1.54) is 13.8 Å². The number of aliphatic hydroxyl groups excluding tert-OH is 3. The number of ether oxygens (including phenoxy) is 5. The first-order valence-electron chi connectivity index (χ1n) is 19.7. The Morgan fingerprint density at radius 2 is 1.55 bits per heavy atom. The largest absolute Gasteiger partial charge is 0.458 e. The Morgan fingerprint density at radius 3 is 2.10 bits per heavy atom. The molecule has 2 bridgehead atoms. The number of hydrogen-bond acceptors (Lipinski definition) is 13. The van der Waals surface area contributed by atoms with Crippen molar-refractivity contribution in [3.05, 3.63) is 82.9 Å². The molecule has 0 radical (unpaired) electrons. The summed E-state index contributed by atoms with van der Waals surface area (Å²) in [5, 5.41) is 39.1. The first-order valence-corrected chi connectivity index (χ1v) is 19.7. The Labute approximate surface area is 338 Å². The van der Waals surface area contributed by atoms with Gasteiger partial charge in [-0.25, -0.2) is 14.4 Å². The minimum atomic E-state index is -2.04. The lowest BCUT2D eigenvalue weighted by atomic mass is 9.44. The number of hydrogen-bond donors (Lipinski definition) is 4. The lowest BCUT2D eigenvalue weighted by molar-refractivity contribution is -0.331. The van der Waals surface area contributed by atoms with Gasteiger partial charge in [0.2, 0.25) is 0 Å². The molecular formula is C44H55NO13. The van der Waals surface area contributed by atoms with Crippen molar-refractivity contribution in [3.8, 4) is 0 Å². The number of nitrogens with one attached hydrogen (secondary N) is 1. The third kappa shape index (κ3) is 7.33. The van der Waals surface area contributed by atoms with E-state index in [0.717, 1.165) is 0 Å². The normalized spacial score (nSPS) is 33.7. The predicted molar refractivity (Wildman–Crippen MR) is 207 cm³/mol. The summed E-state index contributed by atoms with van der Waals surface area (Å²) in [7, 11) is 0. The number of amides is 1. The summed E-state index contributed by atoms with van der Waals surface area (Å²) < 4.78 is 30.0. The van der Waals surface area contributed by atoms with Crippen molar-refractivity contribution in [2.45, 2.75) is 123 Å². The van der Waals surface area contributed by atoms with Gasteiger partial charge in [-0.1, -0.05) is 76.2 Å². The number of rotatable bonds is 8. The van der Waals surface area contributed by atoms with Crippen LogP contribution in [0.2, 0.25) is 0 Å². The summed E-state index contributed by atoms with van der Waals surface area (Å²) in [5.41, 5.74) is -4.42. The van der Waals surface area contributed by atoms with Crippen LogP contribution in [0.15, 0.2) is 71.8 Å². The number of aliphatic hydroxyl groups is 3. The van der Waals surface area contributed by atoms with E-state index < -0.39 is 112 Å². The molecule has 12 atom stereocenters. The molecule has 58 heavy (non-hydrogen) atoms. The minimum Gasteiger partial charge on any atom is -0.458 e. The Hall–Kier alpha value is -4.63. The highest BCUT2D eigenvalue weighted by Crippen LogP contribution is 2.64. The van der Waals surface area contributed by atoms with E-state index in [1.54, 1.807) is 102 Å². The topological polar surface area (TPSA) is 204 Å². The molecule has 1 amide bonds. The Balaban J connectivity index is 1.48. The van der Waals surface area contributed by atoms with Crippen LogP contribution in [-0.2, 0) is 38.1 Å². The number of fused-ring (bicyclic) bond motifs is 5. The molecule has 2 aromatic rings. The van der Waals surface area contributed by atoms with E-state index in [-0.39, 0.29) is 29.7 Å². The van der Waals surface area contributed by atoms with Gasteiger partial charge in [0.15, 0.2) is 17.5 Å². The highest BCUT2D eigenvalue weighted by molar-refractivity contribution is 5.93. The molecule has 14 nitrogen and oxygen atoms in total. The molecule has 1 saturated heterocycles. The number of ketones is 1. The van der Waals surface area contributed by atoms with Gasteiger partial charge in [-0.2, -0.15) is 0 Å². The third-order valence-corrected chi connectivity index (χ3v) is 12.8. The fourth-order valence-electron chi connectivity index (χ4n) is 10.1. The van der Waals surface area contributed by atoms with Crippen molar-refractivity contribution in [1.29, 1.82) is 0 Å². The van der Waals surface area contributed by atoms with Crippen LogP contribution in [-0.4, -0.2) is 99.5 Å². The zero-order valence-corrected chi connectivity index (χ0v) is 34.4. The van der Waals surface area contributed by atoms with E-state index in [2.05, 4.69) is 5.32 Å². The molecule has 2 saturated carbocycles. The Morgan fingerprint density at radius 1 is 0.948 bits per heavy atom. The summed E-state index contributed by atoms with van der Waals surface area (Å²) in [5.74, 6) is -6.21. The molecule has 2 aromatic carbocycles. The molecule has 1 aliphatic heterocycles. The molecule has 6 rings (SSSR count). The number of Topliss-reactive ketones (excluding diaryl/α,β-unsaturated/α-hetero) is 1. The second-order valence-corrected chi connectivity index (χ2v) is 17.9. The van der Waals surface area contributed by atoms with E-state index in [4.69, 9.17) is 23.7 Å². The van der Waals surface area contributed by atoms with Gasteiger partial charge in [0.05, 0.1) is 24.1 Å². The summed E-state index contributed by atoms with van der Waals surface area (Å²) in [6.07, 6.45) is -9.87. The maximum atomic E-state index is 15.1. The van der Waals surface area contributed by atoms with Gasteiger partial charge in [-0.05, 0) is 74.3 Å². The van der Waals surface area contributed by atoms with Crippen LogP contribution in [0.4, 0.5) is 4.79 Å². The molecule has 0 aromatic heterocycles. The van der Waals surface area contributed by atoms with Crippen molar-refractivity contribution in [3.63, 3.8) is 0 Å². The average Bonchev–Trinajstić information content (AvgIpc) is 3.14. The van der Waals surface area contributed by atoms with E-state index in [9.17, 15) is 34.5 Å². The van der Waals surface area contributed by atoms with Crippen LogP contribution in [0.1, 0.15) is 90.7 Å². The number of alkyl carbamates (subject to hydrolysis) is 1. The van der Waals surface area contributed by atoms with Crippen LogP contribution in [0.25, 0.3) is 0 Å². The minimum absolute atomic E-state index is 0.145. The number of carbonyl (C=O) groups excluding carboxylic acids is 5. The molecule has 314 valence electrons. The van der Waals surface area contributed by atoms with E-state index in [1.807, 2.05) is 6.92 Å². The molecule has 0 spiro atoms. The molecule has 2 unspecified atom stereocenters. The molecule has 1 heterocycles. The summed E-state index contributed by atoms with van der Waals surface area (Å²) >= 11 is 0. The van der Waals surface area contributed by atoms with Gasteiger partial charge in [-0.15, -0.1) is 0 Å². The van der Waals surface area contributed by atoms with Crippen LogP contribution in [0.5, 0.6) is 0 Å². The molecule has 3 fully saturated rings. The van der Waals surface area contributed by atoms with Gasteiger partial charge >= 0.3 is 24.0 Å². The van der Waals surface area contributed by atoms with Crippen LogP contribution in [0, 0.1) is 28.6 Å². The quantitative estimate of drug-likeness (QED) is 0.166. The van der Waals surface area contributed by atoms with Gasteiger partial charge in [0.1, 0.15) is 36.1 Å². The third-order valence-electron chi connectivity index (χ3n) is 12.8. The maximum Gasteiger partial charge on any atom is 0.408 e. The van der Waals surface area contributed by atoms with Gasteiger partial charge in [-0.3, -0.25) is 9.59 Å². The van der Waals surface area contributed by atoms with Crippen molar-refractivity contribution in [2.24, 2.45) is 28.6 Å². The van der Waals surface area contributed by atoms with E-state index >= 15 is 4.79 Å². The van der Waals surface area contributed by atoms with Gasteiger partial charge < -0.3 is 44.3 Å². The zero-order chi connectivity index (χ0) is 42.7. The van der Waals surface area contributed by atoms with Crippen LogP contribution < -0.4 is 5.32 Å². The van der Waals surface area contributed by atoms with Crippen molar-refractivity contribution < 1.29 is 63.0 Å². The van der Waals surface area contributed by atoms with Crippen molar-refractivity contribution in [2.75, 3.05) is 6.61 Å². The number of benzene rings is 2. The number of carbonyl (C=O) groups is 5. The lowest BCUT2D eigenvalue weighted by Crippen LogP contribution is -2.78. The summed E-state index contributed by atoms with van der Waals surface area (Å²) in [6, 6.07) is 15.0. The second-order valence-electron chi connectivity index (χ2n) is 17.9. The zero-order valence-electron chi connectivity index (χ0n) is 34.4. The SMILES string of the molecule is CC(=O)O[C@@]12CO[C@@H]1C[C@H](C)[C@@]1(C)C(=O)[C@H](O)C3=C(C)[C@@H](OC(=O)[C@H](O)C(NC(=O)OC(C)(C)C)c4ccccc4)[C@H](O)C([C@@H](OC(=O)c4ccccc4)[C@H]21)C3(C)C. The van der Waals surface area contributed by atoms with Crippen LogP contribution in [0.3, 0.4) is 0 Å². The predicted octanol–water partition coefficient (Wildman–Crippen LogP) is 4.39. The first kappa shape index (κ1) is 43.0. The molecular weight excluding hydrogens is 750 g/mol. The fraction of sp³-hybridized carbons (Fsp3) is 0.568. The van der Waals surface area contributed by atoms with Gasteiger partial charge in [0.25, 0.3) is 0 Å². The first-order chi connectivity index (χ1) is 27.1. The Bertz CT molecular complexity index is 1960. The van der Waals surface area contributed by atoms with Crippen molar-refractivity contribution >= 4 is 29.8 Å². The molecule has 14 heteroatoms. The summed E-state index contributed by atoms with van der Waals surface area (Å²) in [4.78, 5) is 69.2. The van der Waals surface area contributed by atoms with E-state index in [0.29, 0.717) is 5.56 Å². The van der Waals surface area contributed by atoms with Crippen LogP contribution >= 0.6 is 0 Å². The maximum absolute atomic E-state index is 15.1. The highest BCUT2D eigenvalue weighted by atomic mass is 16.6. The van der Waals surface area contributed by atoms with Gasteiger partial charge in [0, 0.05) is 18.3 Å². The number of esters is 3. The standard InChI is InChI=1S/C44H55NO13/c1-22-20-27-44(21-54-27,57-24(3)46)36-35(56-38(51)26-18-14-11-15-19-26)29-31(47)34(23(2)28(42(29,7)8)32(48)37(50)43(22,36)9)55-39(52)33(49)30(25-16-12-10-13-17-25)45-40(53)58-41(4,5)6/h10-19,22,27,29-36,47-49H,20-21H2,1-9H3,(H,45,53)/t22-,27+,29?,30?,31+,32+,33+,34+,35+,36-,43+,44-/m0/s1.